The molecule has 114 valence electrons. The summed E-state index contributed by atoms with van der Waals surface area (Å²) in [6.45, 7) is -0.0539. The van der Waals surface area contributed by atoms with Crippen molar-refractivity contribution in [3.8, 4) is 0 Å². The van der Waals surface area contributed by atoms with Crippen molar-refractivity contribution in [1.82, 2.24) is 5.32 Å². The molecule has 2 rings (SSSR count). The Morgan fingerprint density at radius 2 is 1.82 bits per heavy atom. The smallest absolute Gasteiger partial charge is 0.291 e. The molecule has 2 N–H and O–H groups in total. The highest BCUT2D eigenvalue weighted by atomic mass is 16.4. The van der Waals surface area contributed by atoms with Crippen LogP contribution in [-0.4, -0.2) is 24.3 Å². The number of para-hydroxylation sites is 1. The van der Waals surface area contributed by atoms with Crippen molar-refractivity contribution in [2.75, 3.05) is 11.9 Å². The van der Waals surface area contributed by atoms with E-state index in [4.69, 9.17) is 4.42 Å². The third kappa shape index (κ3) is 3.95. The molecule has 0 radical (unpaired) electrons. The zero-order chi connectivity index (χ0) is 15.9. The summed E-state index contributed by atoms with van der Waals surface area (Å²) in [5.41, 5.74) is 0.524. The highest BCUT2D eigenvalue weighted by Crippen LogP contribution is 2.16. The zero-order valence-electron chi connectivity index (χ0n) is 11.5. The SMILES string of the molecule is O=C([O-])CCNC(=O)c1ccccc1NC(=O)c1ccco1. The third-order valence-corrected chi connectivity index (χ3v) is 2.78. The number of carbonyl (C=O) groups is 3. The molecule has 1 aromatic heterocycles. The normalized spacial score (nSPS) is 10.0. The number of furan rings is 1. The monoisotopic (exact) mass is 301 g/mol. The number of anilines is 1. The largest absolute Gasteiger partial charge is 0.550 e. The number of amides is 2. The molecule has 0 unspecified atom stereocenters. The van der Waals surface area contributed by atoms with Gasteiger partial charge in [0, 0.05) is 18.9 Å². The molecule has 0 bridgehead atoms. The topological polar surface area (TPSA) is 111 Å². The molecule has 0 aliphatic carbocycles. The molecule has 7 heteroatoms. The number of nitrogens with one attached hydrogen (secondary N) is 2. The molecule has 2 aromatic rings. The Balaban J connectivity index is 2.07. The minimum absolute atomic E-state index is 0.0539. The van der Waals surface area contributed by atoms with E-state index in [2.05, 4.69) is 10.6 Å². The van der Waals surface area contributed by atoms with Crippen LogP contribution in [0.25, 0.3) is 0 Å². The lowest BCUT2D eigenvalue weighted by molar-refractivity contribution is -0.305. The Morgan fingerprint density at radius 1 is 1.05 bits per heavy atom. The van der Waals surface area contributed by atoms with E-state index < -0.39 is 17.8 Å². The molecule has 0 aliphatic heterocycles. The molecular formula is C15H13N2O5-. The van der Waals surface area contributed by atoms with Gasteiger partial charge in [-0.25, -0.2) is 0 Å². The van der Waals surface area contributed by atoms with Gasteiger partial charge in [0.15, 0.2) is 5.76 Å². The van der Waals surface area contributed by atoms with Gasteiger partial charge in [-0.15, -0.1) is 0 Å². The summed E-state index contributed by atoms with van der Waals surface area (Å²) in [5, 5.41) is 15.3. The second kappa shape index (κ2) is 7.07. The minimum Gasteiger partial charge on any atom is -0.550 e. The molecule has 1 heterocycles. The van der Waals surface area contributed by atoms with Crippen LogP contribution in [0.1, 0.15) is 27.3 Å². The lowest BCUT2D eigenvalue weighted by Gasteiger charge is -2.11. The number of hydrogen-bond donors (Lipinski definition) is 2. The van der Waals surface area contributed by atoms with Gasteiger partial charge in [0.2, 0.25) is 0 Å². The van der Waals surface area contributed by atoms with E-state index in [1.807, 2.05) is 0 Å². The van der Waals surface area contributed by atoms with E-state index in [0.29, 0.717) is 5.69 Å². The van der Waals surface area contributed by atoms with Gasteiger partial charge in [-0.2, -0.15) is 0 Å². The van der Waals surface area contributed by atoms with Gasteiger partial charge in [-0.3, -0.25) is 9.59 Å². The maximum atomic E-state index is 12.0. The van der Waals surface area contributed by atoms with Crippen molar-refractivity contribution in [3.05, 3.63) is 54.0 Å². The van der Waals surface area contributed by atoms with Crippen LogP contribution < -0.4 is 15.7 Å². The van der Waals surface area contributed by atoms with Crippen molar-refractivity contribution >= 4 is 23.5 Å². The molecule has 0 spiro atoms. The van der Waals surface area contributed by atoms with Gasteiger partial charge >= 0.3 is 0 Å². The Labute approximate surface area is 125 Å². The molecule has 1 aromatic carbocycles. The quantitative estimate of drug-likeness (QED) is 0.802. The molecule has 0 aliphatic rings. The lowest BCUT2D eigenvalue weighted by Crippen LogP contribution is -2.31. The van der Waals surface area contributed by atoms with Gasteiger partial charge in [0.1, 0.15) is 0 Å². The third-order valence-electron chi connectivity index (χ3n) is 2.78. The van der Waals surface area contributed by atoms with Crippen molar-refractivity contribution in [2.45, 2.75) is 6.42 Å². The van der Waals surface area contributed by atoms with E-state index in [0.717, 1.165) is 0 Å². The standard InChI is InChI=1S/C15H14N2O5/c18-13(19)7-8-16-14(20)10-4-1-2-5-11(10)17-15(21)12-6-3-9-22-12/h1-6,9H,7-8H2,(H,16,20)(H,17,21)(H,18,19)/p-1. The first-order chi connectivity index (χ1) is 10.6. The van der Waals surface area contributed by atoms with Crippen LogP contribution in [0.3, 0.4) is 0 Å². The lowest BCUT2D eigenvalue weighted by atomic mass is 10.1. The summed E-state index contributed by atoms with van der Waals surface area (Å²) in [7, 11) is 0. The average Bonchev–Trinajstić information content (AvgIpc) is 3.01. The van der Waals surface area contributed by atoms with Crippen LogP contribution in [0.2, 0.25) is 0 Å². The van der Waals surface area contributed by atoms with Gasteiger partial charge in [-0.1, -0.05) is 12.1 Å². The van der Waals surface area contributed by atoms with E-state index in [1.54, 1.807) is 24.3 Å². The molecule has 22 heavy (non-hydrogen) atoms. The molecule has 0 saturated carbocycles. The van der Waals surface area contributed by atoms with Crippen LogP contribution >= 0.6 is 0 Å². The molecule has 7 nitrogen and oxygen atoms in total. The summed E-state index contributed by atoms with van der Waals surface area (Å²) >= 11 is 0. The predicted octanol–water partition coefficient (Wildman–Crippen LogP) is 0.402. The fourth-order valence-electron chi connectivity index (χ4n) is 1.76. The molecule has 0 saturated heterocycles. The van der Waals surface area contributed by atoms with Crippen molar-refractivity contribution in [1.29, 1.82) is 0 Å². The Morgan fingerprint density at radius 3 is 2.50 bits per heavy atom. The summed E-state index contributed by atoms with van der Waals surface area (Å²) in [5.74, 6) is -2.11. The fourth-order valence-corrected chi connectivity index (χ4v) is 1.76. The summed E-state index contributed by atoms with van der Waals surface area (Å²) in [4.78, 5) is 34.3. The van der Waals surface area contributed by atoms with Crippen molar-refractivity contribution in [2.24, 2.45) is 0 Å². The maximum Gasteiger partial charge on any atom is 0.291 e. The minimum atomic E-state index is -1.25. The van der Waals surface area contributed by atoms with Crippen molar-refractivity contribution < 1.29 is 23.9 Å². The summed E-state index contributed by atoms with van der Waals surface area (Å²) < 4.78 is 4.97. The molecular weight excluding hydrogens is 288 g/mol. The second-order valence-corrected chi connectivity index (χ2v) is 4.35. The summed E-state index contributed by atoms with van der Waals surface area (Å²) in [6.07, 6.45) is 1.08. The van der Waals surface area contributed by atoms with Crippen LogP contribution in [0.15, 0.2) is 47.1 Å². The van der Waals surface area contributed by atoms with Gasteiger partial charge in [-0.05, 0) is 24.3 Å². The van der Waals surface area contributed by atoms with Crippen LogP contribution in [0.5, 0.6) is 0 Å². The van der Waals surface area contributed by atoms with Crippen LogP contribution in [0, 0.1) is 0 Å². The van der Waals surface area contributed by atoms with Gasteiger partial charge < -0.3 is 25.0 Å². The number of carboxylic acids is 1. The molecule has 0 atom stereocenters. The average molecular weight is 301 g/mol. The number of hydrogen-bond acceptors (Lipinski definition) is 5. The van der Waals surface area contributed by atoms with E-state index in [1.165, 1.54) is 18.4 Å². The Kier molecular flexibility index (Phi) is 4.92. The highest BCUT2D eigenvalue weighted by Gasteiger charge is 2.14. The number of benzene rings is 1. The van der Waals surface area contributed by atoms with Crippen LogP contribution in [-0.2, 0) is 4.79 Å². The van der Waals surface area contributed by atoms with E-state index >= 15 is 0 Å². The Bertz CT molecular complexity index is 679. The zero-order valence-corrected chi connectivity index (χ0v) is 11.5. The van der Waals surface area contributed by atoms with Gasteiger partial charge in [0.25, 0.3) is 11.8 Å². The Hall–Kier alpha value is -3.09. The van der Waals surface area contributed by atoms with E-state index in [9.17, 15) is 19.5 Å². The van der Waals surface area contributed by atoms with Gasteiger partial charge in [0.05, 0.1) is 17.5 Å². The first-order valence-corrected chi connectivity index (χ1v) is 6.50. The molecule has 2 amide bonds. The number of aliphatic carboxylic acids is 1. The van der Waals surface area contributed by atoms with E-state index in [-0.39, 0.29) is 24.3 Å². The van der Waals surface area contributed by atoms with Crippen LogP contribution in [0.4, 0.5) is 5.69 Å². The first kappa shape index (κ1) is 15.3. The number of rotatable bonds is 6. The number of carboxylic acid groups (broad SMARTS) is 1. The van der Waals surface area contributed by atoms with Crippen molar-refractivity contribution in [3.63, 3.8) is 0 Å². The predicted molar refractivity (Wildman–Crippen MR) is 75.1 cm³/mol. The first-order valence-electron chi connectivity index (χ1n) is 6.50. The number of carbonyl (C=O) groups excluding carboxylic acids is 3. The molecule has 0 fully saturated rings. The maximum absolute atomic E-state index is 12.0. The second-order valence-electron chi connectivity index (χ2n) is 4.35. The fraction of sp³-hybridized carbons (Fsp3) is 0.133. The highest BCUT2D eigenvalue weighted by molar-refractivity contribution is 6.07. The summed E-state index contributed by atoms with van der Waals surface area (Å²) in [6, 6.07) is 9.46.